The Morgan fingerprint density at radius 2 is 1.93 bits per heavy atom. The van der Waals surface area contributed by atoms with Crippen LogP contribution < -0.4 is 5.32 Å². The van der Waals surface area contributed by atoms with Crippen LogP contribution in [0.25, 0.3) is 0 Å². The van der Waals surface area contributed by atoms with Gasteiger partial charge in [-0.15, -0.1) is 0 Å². The fourth-order valence-electron chi connectivity index (χ4n) is 6.49. The molecule has 0 aliphatic heterocycles. The van der Waals surface area contributed by atoms with Gasteiger partial charge in [0.05, 0.1) is 0 Å². The number of carbonyl (C=O) groups excluding carboxylic acids is 1. The molecule has 1 amide bonds. The van der Waals surface area contributed by atoms with E-state index in [1.807, 2.05) is 6.26 Å². The predicted octanol–water partition coefficient (Wildman–Crippen LogP) is 4.25. The van der Waals surface area contributed by atoms with Crippen molar-refractivity contribution in [1.29, 1.82) is 0 Å². The number of carbonyl (C=O) groups is 1. The molecule has 4 saturated carbocycles. The Labute approximate surface area is 170 Å². The highest BCUT2D eigenvalue weighted by molar-refractivity contribution is 8.12. The fraction of sp³-hybridized carbons (Fsp3) is 0.591. The van der Waals surface area contributed by atoms with E-state index in [0.29, 0.717) is 11.8 Å². The predicted molar refractivity (Wildman–Crippen MR) is 111 cm³/mol. The second-order valence-corrected chi connectivity index (χ2v) is 10.0. The van der Waals surface area contributed by atoms with Gasteiger partial charge in [0.15, 0.2) is 5.82 Å². The lowest BCUT2D eigenvalue weighted by atomic mass is 9.46. The van der Waals surface area contributed by atoms with E-state index in [0.717, 1.165) is 43.8 Å². The highest BCUT2D eigenvalue weighted by Gasteiger charge is 2.60. The van der Waals surface area contributed by atoms with E-state index in [-0.39, 0.29) is 16.2 Å². The Morgan fingerprint density at radius 3 is 2.64 bits per heavy atom. The van der Waals surface area contributed by atoms with Crippen LogP contribution in [0.5, 0.6) is 0 Å². The van der Waals surface area contributed by atoms with Gasteiger partial charge < -0.3 is 5.32 Å². The Kier molecular flexibility index (Phi) is 4.49. The molecule has 6 heteroatoms. The summed E-state index contributed by atoms with van der Waals surface area (Å²) in [5.41, 5.74) is 1.32. The number of hydrogen-bond acceptors (Lipinski definition) is 4. The third-order valence-corrected chi connectivity index (χ3v) is 7.59. The largest absolute Gasteiger partial charge is 0.341 e. The lowest BCUT2D eigenvalue weighted by Gasteiger charge is -2.61. The van der Waals surface area contributed by atoms with Gasteiger partial charge in [0.1, 0.15) is 5.82 Å². The molecule has 0 unspecified atom stereocenters. The molecular weight excluding hydrogens is 368 g/mol. The molecule has 6 rings (SSSR count). The van der Waals surface area contributed by atoms with Crippen molar-refractivity contribution in [2.75, 3.05) is 6.26 Å². The van der Waals surface area contributed by atoms with Gasteiger partial charge in [0.25, 0.3) is 5.24 Å². The summed E-state index contributed by atoms with van der Waals surface area (Å²) in [6.07, 6.45) is 10.6. The zero-order valence-electron chi connectivity index (χ0n) is 16.4. The first-order valence-corrected chi connectivity index (χ1v) is 11.6. The van der Waals surface area contributed by atoms with Gasteiger partial charge in [-0.25, -0.2) is 4.98 Å². The van der Waals surface area contributed by atoms with Crippen LogP contribution in [0.4, 0.5) is 4.79 Å². The number of aromatic amines is 1. The highest BCUT2D eigenvalue weighted by atomic mass is 32.2. The number of benzene rings is 1. The molecule has 1 heterocycles. The first kappa shape index (κ1) is 18.2. The molecule has 4 aliphatic carbocycles. The van der Waals surface area contributed by atoms with E-state index in [1.165, 1.54) is 36.6 Å². The van der Waals surface area contributed by atoms with Gasteiger partial charge in [-0.3, -0.25) is 9.89 Å². The van der Waals surface area contributed by atoms with Crippen LogP contribution >= 0.6 is 11.8 Å². The smallest absolute Gasteiger partial charge is 0.279 e. The SMILES string of the molecule is CSC(=O)NC12C[C@@H]3C[C@@H](C1)CC(c1n[nH]c(CCc4ccccc4)n1)(C3)C2. The van der Waals surface area contributed by atoms with E-state index < -0.39 is 0 Å². The van der Waals surface area contributed by atoms with Crippen molar-refractivity contribution in [2.45, 2.75) is 62.3 Å². The molecule has 0 spiro atoms. The first-order chi connectivity index (χ1) is 13.6. The van der Waals surface area contributed by atoms with Crippen LogP contribution in [0.2, 0.25) is 0 Å². The van der Waals surface area contributed by atoms with Crippen molar-refractivity contribution in [3.63, 3.8) is 0 Å². The maximum Gasteiger partial charge on any atom is 0.279 e. The van der Waals surface area contributed by atoms with E-state index in [1.54, 1.807) is 0 Å². The summed E-state index contributed by atoms with van der Waals surface area (Å²) in [7, 11) is 0. The Morgan fingerprint density at radius 1 is 1.18 bits per heavy atom. The van der Waals surface area contributed by atoms with Crippen LogP contribution in [0, 0.1) is 11.8 Å². The third-order valence-electron chi connectivity index (χ3n) is 7.11. The highest BCUT2D eigenvalue weighted by Crippen LogP contribution is 2.61. The maximum absolute atomic E-state index is 12.2. The minimum absolute atomic E-state index is 0.0390. The molecule has 28 heavy (non-hydrogen) atoms. The summed E-state index contributed by atoms with van der Waals surface area (Å²) < 4.78 is 0. The van der Waals surface area contributed by atoms with Gasteiger partial charge in [-0.05, 0) is 68.6 Å². The molecule has 4 fully saturated rings. The van der Waals surface area contributed by atoms with Gasteiger partial charge in [-0.2, -0.15) is 5.10 Å². The van der Waals surface area contributed by atoms with Crippen LogP contribution in [0.3, 0.4) is 0 Å². The maximum atomic E-state index is 12.2. The van der Waals surface area contributed by atoms with Gasteiger partial charge in [0.2, 0.25) is 0 Å². The average Bonchev–Trinajstić information content (AvgIpc) is 3.16. The van der Waals surface area contributed by atoms with Gasteiger partial charge in [0, 0.05) is 17.4 Å². The molecular formula is C22H28N4OS. The molecule has 4 aliphatic rings. The Hall–Kier alpha value is -1.82. The monoisotopic (exact) mass is 396 g/mol. The first-order valence-electron chi connectivity index (χ1n) is 10.4. The molecule has 2 atom stereocenters. The molecule has 0 radical (unpaired) electrons. The minimum Gasteiger partial charge on any atom is -0.341 e. The van der Waals surface area contributed by atoms with Crippen molar-refractivity contribution < 1.29 is 4.79 Å². The number of hydrogen-bond donors (Lipinski definition) is 2. The van der Waals surface area contributed by atoms with Crippen molar-refractivity contribution >= 4 is 17.0 Å². The van der Waals surface area contributed by atoms with Crippen molar-refractivity contribution in [3.8, 4) is 0 Å². The molecule has 2 aromatic rings. The minimum atomic E-state index is -0.0466. The van der Waals surface area contributed by atoms with Crippen LogP contribution in [-0.4, -0.2) is 32.2 Å². The quantitative estimate of drug-likeness (QED) is 0.792. The van der Waals surface area contributed by atoms with E-state index in [4.69, 9.17) is 10.1 Å². The normalized spacial score (nSPS) is 33.2. The summed E-state index contributed by atoms with van der Waals surface area (Å²) in [6, 6.07) is 10.5. The summed E-state index contributed by atoms with van der Waals surface area (Å²) in [5.74, 6) is 3.36. The summed E-state index contributed by atoms with van der Waals surface area (Å²) in [4.78, 5) is 17.1. The molecule has 2 N–H and O–H groups in total. The van der Waals surface area contributed by atoms with Gasteiger partial charge >= 0.3 is 0 Å². The van der Waals surface area contributed by atoms with Gasteiger partial charge in [-0.1, -0.05) is 42.1 Å². The Bertz CT molecular complexity index is 850. The van der Waals surface area contributed by atoms with Crippen LogP contribution in [-0.2, 0) is 18.3 Å². The number of rotatable bonds is 5. The van der Waals surface area contributed by atoms with Crippen molar-refractivity contribution in [2.24, 2.45) is 11.8 Å². The molecule has 1 aromatic carbocycles. The zero-order valence-corrected chi connectivity index (χ0v) is 17.2. The molecule has 4 bridgehead atoms. The number of thioether (sulfide) groups is 1. The summed E-state index contributed by atoms with van der Waals surface area (Å²) in [5, 5.41) is 11.4. The second kappa shape index (κ2) is 6.90. The van der Waals surface area contributed by atoms with Crippen molar-refractivity contribution in [3.05, 3.63) is 47.5 Å². The lowest BCUT2D eigenvalue weighted by molar-refractivity contribution is -0.0371. The van der Waals surface area contributed by atoms with E-state index >= 15 is 0 Å². The summed E-state index contributed by atoms with van der Waals surface area (Å²) >= 11 is 1.29. The number of nitrogens with one attached hydrogen (secondary N) is 2. The molecule has 0 saturated heterocycles. The number of aryl methyl sites for hydroxylation is 2. The number of amides is 1. The standard InChI is InChI=1S/C22H28N4OS/c1-28-20(27)24-22-12-16-9-17(13-22)11-21(10-16,14-22)19-23-18(25-26-19)8-7-15-5-3-2-4-6-15/h2-6,16-17H,7-14H2,1H3,(H,24,27)(H,23,25,26)/t16-,17-,21?,22?/m1/s1. The van der Waals surface area contributed by atoms with Crippen molar-refractivity contribution in [1.82, 2.24) is 20.5 Å². The fourth-order valence-corrected chi connectivity index (χ4v) is 6.81. The molecule has 1 aromatic heterocycles. The third kappa shape index (κ3) is 3.25. The zero-order chi connectivity index (χ0) is 19.2. The average molecular weight is 397 g/mol. The van der Waals surface area contributed by atoms with Crippen LogP contribution in [0.1, 0.15) is 55.7 Å². The number of H-pyrrole nitrogens is 1. The summed E-state index contributed by atoms with van der Waals surface area (Å²) in [6.45, 7) is 0. The number of nitrogens with zero attached hydrogens (tertiary/aromatic N) is 2. The topological polar surface area (TPSA) is 70.7 Å². The molecule has 148 valence electrons. The number of aromatic nitrogens is 3. The second-order valence-electron chi connectivity index (χ2n) is 9.23. The molecule has 5 nitrogen and oxygen atoms in total. The Balaban J connectivity index is 1.36. The lowest BCUT2D eigenvalue weighted by Crippen LogP contribution is -2.64. The van der Waals surface area contributed by atoms with Crippen LogP contribution in [0.15, 0.2) is 30.3 Å². The van der Waals surface area contributed by atoms with E-state index in [2.05, 4.69) is 40.7 Å². The van der Waals surface area contributed by atoms with E-state index in [9.17, 15) is 4.79 Å².